The highest BCUT2D eigenvalue weighted by molar-refractivity contribution is 6.14. The van der Waals surface area contributed by atoms with Crippen LogP contribution in [0.5, 0.6) is 0 Å². The number of imidazole rings is 1. The zero-order valence-electron chi connectivity index (χ0n) is 20.4. The summed E-state index contributed by atoms with van der Waals surface area (Å²) in [7, 11) is 0. The number of aromatic nitrogens is 9. The molecule has 0 amide bonds. The van der Waals surface area contributed by atoms with Crippen LogP contribution in [0.3, 0.4) is 0 Å². The van der Waals surface area contributed by atoms with Crippen LogP contribution in [-0.2, 0) is 0 Å². The molecular weight excluding hydrogens is 486 g/mol. The lowest BCUT2D eigenvalue weighted by Gasteiger charge is -2.17. The molecule has 39 heavy (non-hydrogen) atoms. The van der Waals surface area contributed by atoms with Crippen molar-refractivity contribution in [2.24, 2.45) is 0 Å². The van der Waals surface area contributed by atoms with Gasteiger partial charge in [0.05, 0.1) is 27.8 Å². The minimum Gasteiger partial charge on any atom is -0.354 e. The van der Waals surface area contributed by atoms with Gasteiger partial charge in [0.25, 0.3) is 0 Å². The zero-order valence-corrected chi connectivity index (χ0v) is 20.4. The van der Waals surface area contributed by atoms with Gasteiger partial charge in [-0.3, -0.25) is 10.1 Å². The van der Waals surface area contributed by atoms with Crippen LogP contribution in [0.25, 0.3) is 78.3 Å². The molecule has 0 spiro atoms. The number of aromatic amines is 3. The molecule has 5 heterocycles. The van der Waals surface area contributed by atoms with Crippen LogP contribution >= 0.6 is 0 Å². The topological polar surface area (TPSA) is 125 Å². The number of hydrogen-bond acceptors (Lipinski definition) is 6. The number of benzene rings is 3. The van der Waals surface area contributed by atoms with Gasteiger partial charge in [0.1, 0.15) is 11.3 Å². The first kappa shape index (κ1) is 21.4. The van der Waals surface area contributed by atoms with E-state index in [1.54, 1.807) is 18.6 Å². The Labute approximate surface area is 221 Å². The Morgan fingerprint density at radius 2 is 1.41 bits per heavy atom. The van der Waals surface area contributed by atoms with Gasteiger partial charge in [-0.05, 0) is 42.5 Å². The molecule has 9 heteroatoms. The summed E-state index contributed by atoms with van der Waals surface area (Å²) in [6.07, 6.45) is 5.27. The Balaban J connectivity index is 1.60. The molecule has 0 atom stereocenters. The molecule has 0 aliphatic carbocycles. The predicted octanol–water partition coefficient (Wildman–Crippen LogP) is 6.17. The second-order valence-electron chi connectivity index (χ2n) is 9.20. The summed E-state index contributed by atoms with van der Waals surface area (Å²) < 4.78 is 0. The van der Waals surface area contributed by atoms with Crippen LogP contribution in [0.2, 0.25) is 0 Å². The van der Waals surface area contributed by atoms with E-state index in [1.807, 2.05) is 60.7 Å². The first-order chi connectivity index (χ1) is 19.3. The molecule has 3 N–H and O–H groups in total. The van der Waals surface area contributed by atoms with Crippen LogP contribution in [-0.4, -0.2) is 45.3 Å². The van der Waals surface area contributed by atoms with Gasteiger partial charge >= 0.3 is 0 Å². The van der Waals surface area contributed by atoms with E-state index in [0.29, 0.717) is 17.2 Å². The average Bonchev–Trinajstić information content (AvgIpc) is 3.74. The smallest absolute Gasteiger partial charge is 0.160 e. The van der Waals surface area contributed by atoms with Gasteiger partial charge in [0.2, 0.25) is 0 Å². The molecule has 0 aliphatic rings. The number of H-pyrrole nitrogens is 3. The highest BCUT2D eigenvalue weighted by Crippen LogP contribution is 2.48. The molecule has 5 aromatic heterocycles. The monoisotopic (exact) mass is 505 g/mol. The molecule has 3 aromatic carbocycles. The number of para-hydroxylation sites is 3. The van der Waals surface area contributed by atoms with Gasteiger partial charge in [-0.15, -0.1) is 5.10 Å². The largest absolute Gasteiger partial charge is 0.354 e. The third-order valence-electron chi connectivity index (χ3n) is 6.92. The van der Waals surface area contributed by atoms with E-state index in [1.165, 1.54) is 0 Å². The van der Waals surface area contributed by atoms with Crippen LogP contribution < -0.4 is 0 Å². The highest BCUT2D eigenvalue weighted by atomic mass is 15.3. The molecule has 0 bridgehead atoms. The molecule has 8 rings (SSSR count). The molecule has 0 saturated carbocycles. The molecule has 9 nitrogen and oxygen atoms in total. The van der Waals surface area contributed by atoms with Crippen molar-refractivity contribution in [2.45, 2.75) is 0 Å². The van der Waals surface area contributed by atoms with E-state index in [-0.39, 0.29) is 0 Å². The second-order valence-corrected chi connectivity index (χ2v) is 9.20. The summed E-state index contributed by atoms with van der Waals surface area (Å²) in [5.41, 5.74) is 9.11. The average molecular weight is 506 g/mol. The Hall–Kier alpha value is -5.70. The van der Waals surface area contributed by atoms with Crippen LogP contribution in [0.1, 0.15) is 0 Å². The summed E-state index contributed by atoms with van der Waals surface area (Å²) >= 11 is 0. The maximum atomic E-state index is 4.98. The minimum atomic E-state index is 0.556. The fourth-order valence-corrected chi connectivity index (χ4v) is 5.27. The first-order valence-corrected chi connectivity index (χ1v) is 12.5. The van der Waals surface area contributed by atoms with E-state index in [4.69, 9.17) is 19.9 Å². The molecule has 0 fully saturated rings. The van der Waals surface area contributed by atoms with Gasteiger partial charge in [-0.2, -0.15) is 0 Å². The van der Waals surface area contributed by atoms with E-state index >= 15 is 0 Å². The third-order valence-corrected chi connectivity index (χ3v) is 6.92. The lowest BCUT2D eigenvalue weighted by molar-refractivity contribution is 0.959. The highest BCUT2D eigenvalue weighted by Gasteiger charge is 2.29. The van der Waals surface area contributed by atoms with Gasteiger partial charge in [0.15, 0.2) is 5.82 Å². The van der Waals surface area contributed by atoms with Crippen LogP contribution in [0, 0.1) is 0 Å². The lowest BCUT2D eigenvalue weighted by Crippen LogP contribution is -2.01. The maximum Gasteiger partial charge on any atom is 0.160 e. The van der Waals surface area contributed by atoms with Gasteiger partial charge in [-0.1, -0.05) is 41.6 Å². The second kappa shape index (κ2) is 8.42. The van der Waals surface area contributed by atoms with Crippen LogP contribution in [0.4, 0.5) is 0 Å². The van der Waals surface area contributed by atoms with Crippen LogP contribution in [0.15, 0.2) is 97.5 Å². The number of fused-ring (bicyclic) bond motifs is 3. The summed E-state index contributed by atoms with van der Waals surface area (Å²) in [5.74, 6) is 1.23. The number of rotatable bonds is 4. The maximum absolute atomic E-state index is 4.98. The van der Waals surface area contributed by atoms with Crippen molar-refractivity contribution in [3.8, 4) is 45.3 Å². The molecule has 0 unspecified atom stereocenters. The molecule has 0 radical (unpaired) electrons. The first-order valence-electron chi connectivity index (χ1n) is 12.5. The minimum absolute atomic E-state index is 0.556. The van der Waals surface area contributed by atoms with Crippen molar-refractivity contribution in [3.63, 3.8) is 0 Å². The van der Waals surface area contributed by atoms with Crippen molar-refractivity contribution >= 4 is 33.0 Å². The zero-order chi connectivity index (χ0) is 25.8. The summed E-state index contributed by atoms with van der Waals surface area (Å²) in [5, 5.41) is 13.0. The van der Waals surface area contributed by atoms with E-state index in [9.17, 15) is 0 Å². The Kier molecular flexibility index (Phi) is 4.62. The Morgan fingerprint density at radius 1 is 0.615 bits per heavy atom. The van der Waals surface area contributed by atoms with Crippen molar-refractivity contribution in [3.05, 3.63) is 97.5 Å². The standard InChI is InChI=1S/C30H19N9/c1-2-9-18-17(8-1)16-22(34-18)23-25(29-32-14-7-15-33-29)24(21-12-5-6-13-31-21)27-28(38-39-37-27)26(23)30-35-19-10-3-4-11-20(19)36-30/h1-16,34H,(H,35,36)(H,37,38,39). The fourth-order valence-electron chi connectivity index (χ4n) is 5.27. The normalized spacial score (nSPS) is 11.6. The summed E-state index contributed by atoms with van der Waals surface area (Å²) in [4.78, 5) is 26.2. The van der Waals surface area contributed by atoms with Crippen molar-refractivity contribution in [1.82, 2.24) is 45.3 Å². The van der Waals surface area contributed by atoms with Gasteiger partial charge in [0, 0.05) is 51.9 Å². The van der Waals surface area contributed by atoms with Gasteiger partial charge in [-0.25, -0.2) is 15.0 Å². The number of pyridine rings is 1. The molecule has 0 saturated heterocycles. The third kappa shape index (κ3) is 3.33. The number of hydrogen-bond donors (Lipinski definition) is 3. The quantitative estimate of drug-likeness (QED) is 0.263. The van der Waals surface area contributed by atoms with Gasteiger partial charge < -0.3 is 9.97 Å². The Bertz CT molecular complexity index is 2060. The molecule has 184 valence electrons. The van der Waals surface area contributed by atoms with Crippen molar-refractivity contribution in [1.29, 1.82) is 0 Å². The van der Waals surface area contributed by atoms with Crippen molar-refractivity contribution < 1.29 is 0 Å². The summed E-state index contributed by atoms with van der Waals surface area (Å²) in [6, 6.07) is 25.9. The number of nitrogens with one attached hydrogen (secondary N) is 3. The fraction of sp³-hybridized carbons (Fsp3) is 0. The molecule has 0 aliphatic heterocycles. The molecule has 8 aromatic rings. The lowest BCUT2D eigenvalue weighted by atomic mass is 9.89. The predicted molar refractivity (Wildman–Crippen MR) is 151 cm³/mol. The van der Waals surface area contributed by atoms with E-state index in [2.05, 4.69) is 43.6 Å². The Morgan fingerprint density at radius 3 is 2.23 bits per heavy atom. The summed E-state index contributed by atoms with van der Waals surface area (Å²) in [6.45, 7) is 0. The SMILES string of the molecule is c1ccc(-c2c(-c3ncccn3)c(-c3cc4ccccc4[nH]3)c(-c3nc4ccccc4[nH]3)c3nn[nH]c23)nc1. The molecular formula is C30H19N9. The number of nitrogens with zero attached hydrogens (tertiary/aromatic N) is 6. The van der Waals surface area contributed by atoms with E-state index in [0.717, 1.165) is 61.1 Å². The van der Waals surface area contributed by atoms with E-state index < -0.39 is 0 Å². The van der Waals surface area contributed by atoms with Crippen molar-refractivity contribution in [2.75, 3.05) is 0 Å².